The molecule has 0 saturated heterocycles. The Morgan fingerprint density at radius 1 is 1.30 bits per heavy atom. The van der Waals surface area contributed by atoms with E-state index in [1.165, 1.54) is 13.2 Å². The van der Waals surface area contributed by atoms with E-state index in [9.17, 15) is 8.42 Å². The molecule has 0 aliphatic rings. The summed E-state index contributed by atoms with van der Waals surface area (Å²) in [6, 6.07) is 6.41. The molecule has 2 rings (SSSR count). The fraction of sp³-hybridized carbons (Fsp3) is 0.0909. The molecule has 1 aromatic carbocycles. The summed E-state index contributed by atoms with van der Waals surface area (Å²) in [5, 5.41) is 0.361. The molecule has 0 fully saturated rings. The van der Waals surface area contributed by atoms with Gasteiger partial charge in [0.2, 0.25) is 0 Å². The van der Waals surface area contributed by atoms with Crippen LogP contribution in [-0.2, 0) is 10.0 Å². The lowest BCUT2D eigenvalue weighted by Gasteiger charge is -2.09. The van der Waals surface area contributed by atoms with Crippen molar-refractivity contribution in [1.29, 1.82) is 0 Å². The number of ether oxygens (including phenoxy) is 1. The van der Waals surface area contributed by atoms with E-state index in [-0.39, 0.29) is 4.21 Å². The number of hydrogen-bond donors (Lipinski definition) is 1. The minimum Gasteiger partial charge on any atom is -0.497 e. The lowest BCUT2D eigenvalue weighted by atomic mass is 10.3. The van der Waals surface area contributed by atoms with Crippen LogP contribution in [0.2, 0.25) is 5.02 Å². The number of halogens is 3. The van der Waals surface area contributed by atoms with Gasteiger partial charge in [0.05, 0.1) is 21.6 Å². The summed E-state index contributed by atoms with van der Waals surface area (Å²) in [7, 11) is -2.18. The third-order valence-corrected chi connectivity index (χ3v) is 7.31. The van der Waals surface area contributed by atoms with Crippen LogP contribution in [-0.4, -0.2) is 15.5 Å². The molecule has 0 radical (unpaired) electrons. The summed E-state index contributed by atoms with van der Waals surface area (Å²) in [5.41, 5.74) is 0.394. The number of anilines is 1. The van der Waals surface area contributed by atoms with Crippen LogP contribution in [0.5, 0.6) is 5.75 Å². The van der Waals surface area contributed by atoms with E-state index in [4.69, 9.17) is 16.3 Å². The van der Waals surface area contributed by atoms with E-state index in [0.29, 0.717) is 24.7 Å². The van der Waals surface area contributed by atoms with Gasteiger partial charge in [-0.05, 0) is 50.1 Å². The van der Waals surface area contributed by atoms with E-state index in [0.717, 1.165) is 11.3 Å². The molecular weight excluding hydrogens is 454 g/mol. The van der Waals surface area contributed by atoms with Gasteiger partial charge in [0.15, 0.2) is 0 Å². The summed E-state index contributed by atoms with van der Waals surface area (Å²) in [6.07, 6.45) is 0. The number of hydrogen-bond acceptors (Lipinski definition) is 4. The smallest absolute Gasteiger partial charge is 0.271 e. The van der Waals surface area contributed by atoms with Crippen molar-refractivity contribution in [2.45, 2.75) is 4.21 Å². The summed E-state index contributed by atoms with van der Waals surface area (Å²) in [4.78, 5) is 0. The van der Waals surface area contributed by atoms with Crippen molar-refractivity contribution in [3.05, 3.63) is 37.5 Å². The highest BCUT2D eigenvalue weighted by atomic mass is 79.9. The second-order valence-corrected chi connectivity index (χ2v) is 9.18. The van der Waals surface area contributed by atoms with E-state index >= 15 is 0 Å². The Kier molecular flexibility index (Phi) is 5.01. The Labute approximate surface area is 142 Å². The van der Waals surface area contributed by atoms with Crippen LogP contribution in [0.1, 0.15) is 0 Å². The van der Waals surface area contributed by atoms with Crippen LogP contribution < -0.4 is 9.46 Å². The first-order chi connectivity index (χ1) is 9.33. The van der Waals surface area contributed by atoms with Gasteiger partial charge < -0.3 is 4.74 Å². The highest BCUT2D eigenvalue weighted by molar-refractivity contribution is 9.11. The Morgan fingerprint density at radius 3 is 2.55 bits per heavy atom. The van der Waals surface area contributed by atoms with Gasteiger partial charge in [-0.15, -0.1) is 11.3 Å². The predicted molar refractivity (Wildman–Crippen MR) is 88.5 cm³/mol. The molecule has 2 aromatic rings. The highest BCUT2D eigenvalue weighted by Crippen LogP contribution is 2.36. The average Bonchev–Trinajstić information content (AvgIpc) is 2.73. The molecule has 108 valence electrons. The van der Waals surface area contributed by atoms with Crippen molar-refractivity contribution in [3.63, 3.8) is 0 Å². The highest BCUT2D eigenvalue weighted by Gasteiger charge is 2.20. The van der Waals surface area contributed by atoms with Gasteiger partial charge in [0, 0.05) is 10.5 Å². The Hall–Kier alpha value is -0.280. The molecule has 1 N–H and O–H groups in total. The maximum absolute atomic E-state index is 12.3. The molecule has 0 amide bonds. The van der Waals surface area contributed by atoms with Gasteiger partial charge in [0.1, 0.15) is 9.96 Å². The van der Waals surface area contributed by atoms with E-state index in [2.05, 4.69) is 36.6 Å². The van der Waals surface area contributed by atoms with E-state index in [1.54, 1.807) is 18.2 Å². The maximum atomic E-state index is 12.3. The predicted octanol–water partition coefficient (Wildman–Crippen LogP) is 4.74. The van der Waals surface area contributed by atoms with Crippen LogP contribution in [0.25, 0.3) is 0 Å². The van der Waals surface area contributed by atoms with Gasteiger partial charge in [-0.1, -0.05) is 11.6 Å². The normalized spacial score (nSPS) is 11.4. The quantitative estimate of drug-likeness (QED) is 0.716. The summed E-state index contributed by atoms with van der Waals surface area (Å²) in [5.74, 6) is 0.552. The standard InChI is InChI=1S/C11H8Br2ClNO3S2/c1-18-6-2-3-7(12)9(4-6)15-20(16,17)10-5-8(14)11(13)19-10/h2-5,15H,1H3. The lowest BCUT2D eigenvalue weighted by Crippen LogP contribution is -2.11. The minimum atomic E-state index is -3.69. The molecule has 0 bridgehead atoms. The average molecular weight is 462 g/mol. The fourth-order valence-corrected chi connectivity index (χ4v) is 5.31. The molecule has 0 spiro atoms. The Bertz CT molecular complexity index is 727. The second kappa shape index (κ2) is 6.23. The Balaban J connectivity index is 2.37. The van der Waals surface area contributed by atoms with Crippen LogP contribution in [0, 0.1) is 0 Å². The fourth-order valence-electron chi connectivity index (χ4n) is 1.36. The monoisotopic (exact) mass is 459 g/mol. The maximum Gasteiger partial charge on any atom is 0.271 e. The first kappa shape index (κ1) is 16.1. The van der Waals surface area contributed by atoms with Gasteiger partial charge in [-0.3, -0.25) is 4.72 Å². The number of sulfonamides is 1. The largest absolute Gasteiger partial charge is 0.497 e. The van der Waals surface area contributed by atoms with Gasteiger partial charge >= 0.3 is 0 Å². The molecule has 0 aliphatic carbocycles. The van der Waals surface area contributed by atoms with Gasteiger partial charge in [0.25, 0.3) is 10.0 Å². The summed E-state index contributed by atoms with van der Waals surface area (Å²) >= 11 is 13.4. The van der Waals surface area contributed by atoms with Crippen molar-refractivity contribution in [3.8, 4) is 5.75 Å². The van der Waals surface area contributed by atoms with E-state index < -0.39 is 10.0 Å². The third-order valence-electron chi connectivity index (χ3n) is 2.31. The van der Waals surface area contributed by atoms with E-state index in [1.807, 2.05) is 0 Å². The zero-order chi connectivity index (χ0) is 14.9. The van der Waals surface area contributed by atoms with Crippen LogP contribution in [0.3, 0.4) is 0 Å². The number of rotatable bonds is 4. The van der Waals surface area contributed by atoms with Gasteiger partial charge in [-0.25, -0.2) is 8.42 Å². The molecule has 0 aliphatic heterocycles. The third kappa shape index (κ3) is 3.48. The molecule has 0 atom stereocenters. The van der Waals surface area contributed by atoms with Crippen molar-refractivity contribution in [1.82, 2.24) is 0 Å². The number of methoxy groups -OCH3 is 1. The molecule has 0 unspecified atom stereocenters. The number of benzene rings is 1. The first-order valence-corrected chi connectivity index (χ1v) is 9.41. The second-order valence-electron chi connectivity index (χ2n) is 3.64. The Morgan fingerprint density at radius 2 is 2.00 bits per heavy atom. The molecule has 0 saturated carbocycles. The molecule has 9 heteroatoms. The molecule has 1 aromatic heterocycles. The minimum absolute atomic E-state index is 0.129. The topological polar surface area (TPSA) is 55.4 Å². The molecule has 20 heavy (non-hydrogen) atoms. The number of nitrogens with one attached hydrogen (secondary N) is 1. The molecule has 4 nitrogen and oxygen atoms in total. The molecule has 1 heterocycles. The van der Waals surface area contributed by atoms with Crippen molar-refractivity contribution < 1.29 is 13.2 Å². The number of thiophene rings is 1. The van der Waals surface area contributed by atoms with Crippen molar-refractivity contribution >= 4 is 70.5 Å². The summed E-state index contributed by atoms with van der Waals surface area (Å²) in [6.45, 7) is 0. The van der Waals surface area contributed by atoms with Crippen molar-refractivity contribution in [2.24, 2.45) is 0 Å². The zero-order valence-electron chi connectivity index (χ0n) is 9.98. The first-order valence-electron chi connectivity index (χ1n) is 5.14. The summed E-state index contributed by atoms with van der Waals surface area (Å²) < 4.78 is 33.4. The lowest BCUT2D eigenvalue weighted by molar-refractivity contribution is 0.415. The van der Waals surface area contributed by atoms with Gasteiger partial charge in [-0.2, -0.15) is 0 Å². The van der Waals surface area contributed by atoms with Crippen LogP contribution >= 0.6 is 54.8 Å². The van der Waals surface area contributed by atoms with Crippen molar-refractivity contribution in [2.75, 3.05) is 11.8 Å². The van der Waals surface area contributed by atoms with Crippen LogP contribution in [0.15, 0.2) is 36.7 Å². The zero-order valence-corrected chi connectivity index (χ0v) is 15.5. The SMILES string of the molecule is COc1ccc(Br)c(NS(=O)(=O)c2cc(Cl)c(Br)s2)c1. The molecular formula is C11H8Br2ClNO3S2. The van der Waals surface area contributed by atoms with Crippen LogP contribution in [0.4, 0.5) is 5.69 Å².